The van der Waals surface area contributed by atoms with Gasteiger partial charge in [-0.1, -0.05) is 0 Å². The van der Waals surface area contributed by atoms with E-state index in [-0.39, 0.29) is 0 Å². The van der Waals surface area contributed by atoms with E-state index in [2.05, 4.69) is 4.18 Å². The summed E-state index contributed by atoms with van der Waals surface area (Å²) in [4.78, 5) is 0. The van der Waals surface area contributed by atoms with Crippen molar-refractivity contribution in [3.63, 3.8) is 0 Å². The van der Waals surface area contributed by atoms with Gasteiger partial charge in [-0.3, -0.25) is 8.74 Å². The molecule has 0 amide bonds. The number of rotatable bonds is 4. The lowest BCUT2D eigenvalue weighted by atomic mass is 10.9. The zero-order valence-corrected chi connectivity index (χ0v) is 7.90. The van der Waals surface area contributed by atoms with E-state index in [0.717, 1.165) is 6.92 Å². The highest BCUT2D eigenvalue weighted by Crippen LogP contribution is 2.28. The molecule has 80 valence electrons. The molecule has 0 saturated heterocycles. The second-order valence-corrected chi connectivity index (χ2v) is 5.18. The van der Waals surface area contributed by atoms with E-state index in [1.807, 2.05) is 0 Å². The monoisotopic (exact) mass is 240 g/mol. The van der Waals surface area contributed by atoms with Crippen molar-refractivity contribution in [3.8, 4) is 0 Å². The zero-order valence-electron chi connectivity index (χ0n) is 6.27. The van der Waals surface area contributed by atoms with Crippen LogP contribution >= 0.6 is 0 Å². The van der Waals surface area contributed by atoms with Gasteiger partial charge in [0.25, 0.3) is 0 Å². The summed E-state index contributed by atoms with van der Waals surface area (Å²) in [5, 5.41) is 0. The van der Waals surface area contributed by atoms with Crippen molar-refractivity contribution in [1.29, 1.82) is 0 Å². The minimum Gasteiger partial charge on any atom is -0.280 e. The second kappa shape index (κ2) is 3.44. The van der Waals surface area contributed by atoms with Crippen molar-refractivity contribution in [2.45, 2.75) is 11.5 Å². The normalized spacial score (nSPS) is 14.5. The van der Waals surface area contributed by atoms with Gasteiger partial charge < -0.3 is 0 Å². The second-order valence-electron chi connectivity index (χ2n) is 1.80. The number of alkyl halides is 2. The molecular formula is C3H6F2O6S2. The summed E-state index contributed by atoms with van der Waals surface area (Å²) in [6.07, 6.45) is 0. The lowest BCUT2D eigenvalue weighted by Gasteiger charge is -2.11. The SMILES string of the molecule is CCOS(=O)(=O)C(F)(F)S(=O)(=O)O. The predicted molar refractivity (Wildman–Crippen MR) is 37.0 cm³/mol. The van der Waals surface area contributed by atoms with Crippen LogP contribution < -0.4 is 0 Å². The predicted octanol–water partition coefficient (Wildman–Crippen LogP) is -0.209. The summed E-state index contributed by atoms with van der Waals surface area (Å²) in [6, 6.07) is 0. The Morgan fingerprint density at radius 1 is 1.31 bits per heavy atom. The molecule has 0 radical (unpaired) electrons. The Morgan fingerprint density at radius 2 is 1.69 bits per heavy atom. The van der Waals surface area contributed by atoms with Crippen LogP contribution in [0.1, 0.15) is 6.92 Å². The summed E-state index contributed by atoms with van der Waals surface area (Å²) < 4.78 is 71.3. The average molecular weight is 240 g/mol. The molecule has 0 aromatic heterocycles. The van der Waals surface area contributed by atoms with Crippen LogP contribution in [0.15, 0.2) is 0 Å². The minimum atomic E-state index is -6.03. The van der Waals surface area contributed by atoms with Crippen LogP contribution in [-0.2, 0) is 24.4 Å². The third-order valence-corrected chi connectivity index (χ3v) is 3.84. The molecule has 1 N–H and O–H groups in total. The fourth-order valence-corrected chi connectivity index (χ4v) is 1.98. The van der Waals surface area contributed by atoms with E-state index < -0.39 is 31.4 Å². The van der Waals surface area contributed by atoms with Crippen molar-refractivity contribution in [1.82, 2.24) is 0 Å². The smallest absolute Gasteiger partial charge is 0.280 e. The maximum atomic E-state index is 12.3. The standard InChI is InChI=1S/C3H6F2O6S2/c1-2-11-13(9,10)3(4,5)12(6,7)8/h2H2,1H3,(H,6,7,8). The van der Waals surface area contributed by atoms with Crippen molar-refractivity contribution in [2.24, 2.45) is 0 Å². The first-order valence-electron chi connectivity index (χ1n) is 2.80. The lowest BCUT2D eigenvalue weighted by molar-refractivity contribution is 0.143. The molecule has 0 aliphatic rings. The Bertz CT molecular complexity index is 367. The van der Waals surface area contributed by atoms with Crippen LogP contribution in [0.3, 0.4) is 0 Å². The third-order valence-electron chi connectivity index (χ3n) is 0.864. The van der Waals surface area contributed by atoms with Crippen molar-refractivity contribution < 1.29 is 34.4 Å². The van der Waals surface area contributed by atoms with E-state index >= 15 is 0 Å². The van der Waals surface area contributed by atoms with E-state index in [0.29, 0.717) is 0 Å². The quantitative estimate of drug-likeness (QED) is 0.539. The van der Waals surface area contributed by atoms with E-state index in [1.165, 1.54) is 0 Å². The fraction of sp³-hybridized carbons (Fsp3) is 1.00. The Hall–Kier alpha value is -0.320. The van der Waals surface area contributed by atoms with Gasteiger partial charge in [0, 0.05) is 0 Å². The molecule has 0 fully saturated rings. The van der Waals surface area contributed by atoms with Gasteiger partial charge >= 0.3 is 24.8 Å². The van der Waals surface area contributed by atoms with Crippen LogP contribution in [0.4, 0.5) is 8.78 Å². The number of hydrogen-bond donors (Lipinski definition) is 1. The summed E-state index contributed by atoms with van der Waals surface area (Å²) in [5.74, 6) is 0. The van der Waals surface area contributed by atoms with Gasteiger partial charge in [-0.25, -0.2) is 0 Å². The largest absolute Gasteiger partial charge is 0.496 e. The van der Waals surface area contributed by atoms with Crippen LogP contribution in [0.2, 0.25) is 0 Å². The highest BCUT2D eigenvalue weighted by molar-refractivity contribution is 8.05. The summed E-state index contributed by atoms with van der Waals surface area (Å²) in [6.45, 7) is 0.408. The Balaban J connectivity index is 5.31. The molecule has 13 heavy (non-hydrogen) atoms. The molecule has 0 aromatic carbocycles. The van der Waals surface area contributed by atoms with E-state index in [9.17, 15) is 25.6 Å². The van der Waals surface area contributed by atoms with E-state index in [4.69, 9.17) is 4.55 Å². The van der Waals surface area contributed by atoms with Gasteiger partial charge in [-0.05, 0) is 6.92 Å². The first-order valence-corrected chi connectivity index (χ1v) is 5.65. The molecule has 0 bridgehead atoms. The first-order chi connectivity index (χ1) is 5.56. The molecule has 0 saturated carbocycles. The van der Waals surface area contributed by atoms with Crippen LogP contribution in [0.5, 0.6) is 0 Å². The van der Waals surface area contributed by atoms with E-state index in [1.54, 1.807) is 0 Å². The molecule has 6 nitrogen and oxygen atoms in total. The van der Waals surface area contributed by atoms with Crippen molar-refractivity contribution in [3.05, 3.63) is 0 Å². The van der Waals surface area contributed by atoms with Gasteiger partial charge in [0.1, 0.15) is 0 Å². The minimum absolute atomic E-state index is 0.659. The molecule has 0 aliphatic carbocycles. The van der Waals surface area contributed by atoms with Crippen molar-refractivity contribution in [2.75, 3.05) is 6.61 Å². The van der Waals surface area contributed by atoms with Gasteiger partial charge in [0.2, 0.25) is 0 Å². The van der Waals surface area contributed by atoms with Gasteiger partial charge in [-0.15, -0.1) is 0 Å². The highest BCUT2D eigenvalue weighted by Gasteiger charge is 2.58. The Kier molecular flexibility index (Phi) is 3.36. The summed E-state index contributed by atoms with van der Waals surface area (Å²) >= 11 is 0. The molecule has 0 rings (SSSR count). The maximum Gasteiger partial charge on any atom is 0.496 e. The molecule has 10 heteroatoms. The van der Waals surface area contributed by atoms with Gasteiger partial charge in [0.15, 0.2) is 0 Å². The summed E-state index contributed by atoms with van der Waals surface area (Å²) in [7, 11) is -11.7. The molecule has 0 atom stereocenters. The van der Waals surface area contributed by atoms with Gasteiger partial charge in [0.05, 0.1) is 6.61 Å². The molecule has 0 aliphatic heterocycles. The number of hydrogen-bond acceptors (Lipinski definition) is 5. The highest BCUT2D eigenvalue weighted by atomic mass is 32.3. The molecule has 0 aromatic rings. The van der Waals surface area contributed by atoms with Crippen LogP contribution in [0, 0.1) is 0 Å². The molecular weight excluding hydrogens is 234 g/mol. The third kappa shape index (κ3) is 2.33. The number of halogens is 2. The molecule has 0 spiro atoms. The molecule has 0 unspecified atom stereocenters. The lowest BCUT2D eigenvalue weighted by Crippen LogP contribution is -2.38. The topological polar surface area (TPSA) is 97.7 Å². The maximum absolute atomic E-state index is 12.3. The average Bonchev–Trinajstić information content (AvgIpc) is 1.84. The Labute approximate surface area is 73.4 Å². The van der Waals surface area contributed by atoms with Gasteiger partial charge in [-0.2, -0.15) is 25.6 Å². The first kappa shape index (κ1) is 12.7. The van der Waals surface area contributed by atoms with Crippen LogP contribution in [0.25, 0.3) is 0 Å². The van der Waals surface area contributed by atoms with Crippen molar-refractivity contribution >= 4 is 20.2 Å². The summed E-state index contributed by atoms with van der Waals surface area (Å²) in [5.41, 5.74) is 0. The molecule has 0 heterocycles. The Morgan fingerprint density at radius 3 is 1.92 bits per heavy atom. The van der Waals surface area contributed by atoms with Crippen LogP contribution in [-0.4, -0.2) is 32.6 Å². The fourth-order valence-electron chi connectivity index (χ4n) is 0.353. The zero-order chi connectivity index (χ0) is 10.9.